The maximum absolute atomic E-state index is 12.3. The van der Waals surface area contributed by atoms with Crippen LogP contribution in [-0.4, -0.2) is 37.0 Å². The molecule has 1 aliphatic carbocycles. The Morgan fingerprint density at radius 1 is 1.29 bits per heavy atom. The Labute approximate surface area is 104 Å². The molecule has 1 fully saturated rings. The number of carbonyl (C=O) groups excluding carboxylic acids is 1. The lowest BCUT2D eigenvalue weighted by atomic mass is 9.96. The lowest BCUT2D eigenvalue weighted by molar-refractivity contribution is -0.135. The van der Waals surface area contributed by atoms with Crippen molar-refractivity contribution < 1.29 is 4.79 Å². The predicted octanol–water partition coefficient (Wildman–Crippen LogP) is 1.80. The van der Waals surface area contributed by atoms with Gasteiger partial charge in [0.1, 0.15) is 0 Å². The van der Waals surface area contributed by atoms with Gasteiger partial charge in [0, 0.05) is 19.0 Å². The van der Waals surface area contributed by atoms with E-state index in [1.54, 1.807) is 0 Å². The number of nitrogens with zero attached hydrogens (tertiary/aromatic N) is 1. The molecule has 3 nitrogen and oxygen atoms in total. The summed E-state index contributed by atoms with van der Waals surface area (Å²) in [5.41, 5.74) is 0. The highest BCUT2D eigenvalue weighted by atomic mass is 16.2. The fourth-order valence-corrected chi connectivity index (χ4v) is 2.83. The van der Waals surface area contributed by atoms with Crippen LogP contribution in [0.5, 0.6) is 0 Å². The van der Waals surface area contributed by atoms with Crippen LogP contribution in [0.15, 0.2) is 12.2 Å². The van der Waals surface area contributed by atoms with Gasteiger partial charge in [0.05, 0.1) is 0 Å². The highest BCUT2D eigenvalue weighted by Gasteiger charge is 2.26. The molecule has 0 radical (unpaired) electrons. The summed E-state index contributed by atoms with van der Waals surface area (Å²) < 4.78 is 0. The molecule has 0 aromatic heterocycles. The summed E-state index contributed by atoms with van der Waals surface area (Å²) in [4.78, 5) is 14.4. The summed E-state index contributed by atoms with van der Waals surface area (Å²) in [7, 11) is 0. The van der Waals surface area contributed by atoms with E-state index in [0.717, 1.165) is 39.0 Å². The van der Waals surface area contributed by atoms with Crippen molar-refractivity contribution in [3.05, 3.63) is 12.2 Å². The predicted molar refractivity (Wildman–Crippen MR) is 69.7 cm³/mol. The van der Waals surface area contributed by atoms with Crippen LogP contribution < -0.4 is 5.32 Å². The van der Waals surface area contributed by atoms with Crippen LogP contribution in [0.3, 0.4) is 0 Å². The van der Waals surface area contributed by atoms with E-state index in [9.17, 15) is 4.79 Å². The van der Waals surface area contributed by atoms with Crippen molar-refractivity contribution in [1.82, 2.24) is 10.2 Å². The third-order valence-electron chi connectivity index (χ3n) is 3.99. The quantitative estimate of drug-likeness (QED) is 0.755. The molecule has 0 atom stereocenters. The fraction of sp³-hybridized carbons (Fsp3) is 0.786. The van der Waals surface area contributed by atoms with E-state index < -0.39 is 0 Å². The second-order valence-corrected chi connectivity index (χ2v) is 5.21. The Kier molecular flexibility index (Phi) is 4.60. The number of carbonyl (C=O) groups is 1. The zero-order chi connectivity index (χ0) is 12.1. The van der Waals surface area contributed by atoms with Crippen LogP contribution in [-0.2, 0) is 4.79 Å². The molecular weight excluding hydrogens is 212 g/mol. The second kappa shape index (κ2) is 6.20. The van der Waals surface area contributed by atoms with Crippen molar-refractivity contribution in [2.75, 3.05) is 26.2 Å². The maximum atomic E-state index is 12.3. The van der Waals surface area contributed by atoms with Crippen molar-refractivity contribution in [3.63, 3.8) is 0 Å². The molecule has 2 aliphatic rings. The molecule has 0 unspecified atom stereocenters. The molecule has 0 bridgehead atoms. The van der Waals surface area contributed by atoms with Crippen molar-refractivity contribution >= 4 is 5.91 Å². The highest BCUT2D eigenvalue weighted by Crippen LogP contribution is 2.22. The summed E-state index contributed by atoms with van der Waals surface area (Å²) in [6.45, 7) is 6.15. The van der Waals surface area contributed by atoms with Crippen molar-refractivity contribution in [2.45, 2.75) is 32.6 Å². The van der Waals surface area contributed by atoms with Gasteiger partial charge in [-0.1, -0.05) is 12.2 Å². The number of piperidine rings is 1. The molecular formula is C14H24N2O. The van der Waals surface area contributed by atoms with Gasteiger partial charge in [-0.25, -0.2) is 0 Å². The van der Waals surface area contributed by atoms with Crippen molar-refractivity contribution in [3.8, 4) is 0 Å². The van der Waals surface area contributed by atoms with E-state index in [2.05, 4.69) is 29.3 Å². The smallest absolute Gasteiger partial charge is 0.226 e. The standard InChI is InChI=1S/C14H24N2O/c1-2-16(11-12-7-9-15-10-8-12)14(17)13-5-3-4-6-13/h3-4,12-13,15H,2,5-11H2,1H3. The molecule has 96 valence electrons. The molecule has 1 heterocycles. The van der Waals surface area contributed by atoms with E-state index in [-0.39, 0.29) is 5.92 Å². The fourth-order valence-electron chi connectivity index (χ4n) is 2.83. The minimum Gasteiger partial charge on any atom is -0.342 e. The molecule has 0 saturated carbocycles. The van der Waals surface area contributed by atoms with Gasteiger partial charge in [0.2, 0.25) is 5.91 Å². The molecule has 3 heteroatoms. The Balaban J connectivity index is 1.84. The van der Waals surface area contributed by atoms with Gasteiger partial charge < -0.3 is 10.2 Å². The molecule has 1 aliphatic heterocycles. The number of nitrogens with one attached hydrogen (secondary N) is 1. The van der Waals surface area contributed by atoms with Crippen LogP contribution in [0.25, 0.3) is 0 Å². The number of hydrogen-bond acceptors (Lipinski definition) is 2. The first-order valence-corrected chi connectivity index (χ1v) is 6.95. The number of amides is 1. The van der Waals surface area contributed by atoms with E-state index in [0.29, 0.717) is 11.8 Å². The summed E-state index contributed by atoms with van der Waals surface area (Å²) in [6, 6.07) is 0. The van der Waals surface area contributed by atoms with E-state index in [1.165, 1.54) is 12.8 Å². The van der Waals surface area contributed by atoms with Crippen LogP contribution in [0.1, 0.15) is 32.6 Å². The van der Waals surface area contributed by atoms with E-state index in [4.69, 9.17) is 0 Å². The van der Waals surface area contributed by atoms with Crippen LogP contribution in [0.2, 0.25) is 0 Å². The molecule has 0 aromatic carbocycles. The molecule has 1 saturated heterocycles. The minimum absolute atomic E-state index is 0.233. The lowest BCUT2D eigenvalue weighted by Gasteiger charge is -2.31. The van der Waals surface area contributed by atoms with Crippen LogP contribution in [0, 0.1) is 11.8 Å². The Hall–Kier alpha value is -0.830. The Morgan fingerprint density at radius 2 is 1.94 bits per heavy atom. The summed E-state index contributed by atoms with van der Waals surface area (Å²) in [6.07, 6.45) is 8.60. The van der Waals surface area contributed by atoms with Crippen LogP contribution >= 0.6 is 0 Å². The maximum Gasteiger partial charge on any atom is 0.226 e. The second-order valence-electron chi connectivity index (χ2n) is 5.21. The normalized spacial score (nSPS) is 21.9. The Bertz CT molecular complexity index is 274. The van der Waals surface area contributed by atoms with E-state index >= 15 is 0 Å². The Morgan fingerprint density at radius 3 is 2.53 bits per heavy atom. The molecule has 1 amide bonds. The highest BCUT2D eigenvalue weighted by molar-refractivity contribution is 5.79. The third kappa shape index (κ3) is 3.32. The van der Waals surface area contributed by atoms with Crippen molar-refractivity contribution in [2.24, 2.45) is 11.8 Å². The van der Waals surface area contributed by atoms with Gasteiger partial charge in [0.15, 0.2) is 0 Å². The zero-order valence-electron chi connectivity index (χ0n) is 10.8. The zero-order valence-corrected chi connectivity index (χ0v) is 10.8. The van der Waals surface area contributed by atoms with Gasteiger partial charge in [-0.3, -0.25) is 4.79 Å². The molecule has 1 N–H and O–H groups in total. The monoisotopic (exact) mass is 236 g/mol. The first-order valence-electron chi connectivity index (χ1n) is 6.95. The van der Waals surface area contributed by atoms with Gasteiger partial charge in [-0.2, -0.15) is 0 Å². The largest absolute Gasteiger partial charge is 0.342 e. The summed E-state index contributed by atoms with van der Waals surface area (Å²) >= 11 is 0. The minimum atomic E-state index is 0.233. The molecule has 0 spiro atoms. The molecule has 17 heavy (non-hydrogen) atoms. The average molecular weight is 236 g/mol. The summed E-state index contributed by atoms with van der Waals surface area (Å²) in [5, 5.41) is 3.38. The van der Waals surface area contributed by atoms with Gasteiger partial charge >= 0.3 is 0 Å². The van der Waals surface area contributed by atoms with E-state index in [1.807, 2.05) is 0 Å². The number of hydrogen-bond donors (Lipinski definition) is 1. The first-order chi connectivity index (χ1) is 8.31. The topological polar surface area (TPSA) is 32.3 Å². The summed E-state index contributed by atoms with van der Waals surface area (Å²) in [5.74, 6) is 1.31. The average Bonchev–Trinajstić information content (AvgIpc) is 2.90. The third-order valence-corrected chi connectivity index (χ3v) is 3.99. The van der Waals surface area contributed by atoms with Crippen LogP contribution in [0.4, 0.5) is 0 Å². The van der Waals surface area contributed by atoms with Gasteiger partial charge in [0.25, 0.3) is 0 Å². The number of allylic oxidation sites excluding steroid dienone is 2. The van der Waals surface area contributed by atoms with Gasteiger partial charge in [-0.05, 0) is 51.6 Å². The molecule has 2 rings (SSSR count). The SMILES string of the molecule is CCN(CC1CCNCC1)C(=O)C1CC=CC1. The lowest BCUT2D eigenvalue weighted by Crippen LogP contribution is -2.41. The van der Waals surface area contributed by atoms with Gasteiger partial charge in [-0.15, -0.1) is 0 Å². The van der Waals surface area contributed by atoms with Crippen molar-refractivity contribution in [1.29, 1.82) is 0 Å². The number of rotatable bonds is 4. The first kappa shape index (κ1) is 12.6. The molecule has 0 aromatic rings.